The molecule has 0 radical (unpaired) electrons. The maximum Gasteiger partial charge on any atom is 0.264 e. The number of hydrogen-bond donors (Lipinski definition) is 1. The highest BCUT2D eigenvalue weighted by Gasteiger charge is 2.35. The summed E-state index contributed by atoms with van der Waals surface area (Å²) in [5.74, 6) is -0.486. The Bertz CT molecular complexity index is 1710. The van der Waals surface area contributed by atoms with Crippen LogP contribution in [0.25, 0.3) is 0 Å². The molecule has 0 saturated heterocycles. The lowest BCUT2D eigenvalue weighted by atomic mass is 10.0. The van der Waals surface area contributed by atoms with Crippen molar-refractivity contribution < 1.29 is 22.7 Å². The molecule has 0 aliphatic rings. The fourth-order valence-electron chi connectivity index (χ4n) is 5.14. The molecule has 47 heavy (non-hydrogen) atoms. The number of rotatable bonds is 16. The molecule has 0 aliphatic heterocycles. The first-order valence-corrected chi connectivity index (χ1v) is 18.4. The number of sulfonamides is 1. The van der Waals surface area contributed by atoms with Crippen molar-refractivity contribution in [2.24, 2.45) is 0 Å². The molecule has 0 saturated carbocycles. The normalized spacial score (nSPS) is 11.8. The molecule has 4 aromatic carbocycles. The van der Waals surface area contributed by atoms with Crippen LogP contribution in [-0.2, 0) is 32.6 Å². The number of para-hydroxylation sites is 2. The molecule has 248 valence electrons. The largest absolute Gasteiger partial charge is 0.492 e. The molecule has 8 nitrogen and oxygen atoms in total. The number of thioether (sulfide) groups is 1. The van der Waals surface area contributed by atoms with Crippen molar-refractivity contribution in [3.63, 3.8) is 0 Å². The minimum absolute atomic E-state index is 0.0426. The van der Waals surface area contributed by atoms with Crippen LogP contribution in [0.4, 0.5) is 5.69 Å². The molecule has 1 atom stereocenters. The fourth-order valence-corrected chi connectivity index (χ4v) is 6.97. The summed E-state index contributed by atoms with van der Waals surface area (Å²) in [7, 11) is -4.25. The molecule has 0 aliphatic carbocycles. The third-order valence-corrected chi connectivity index (χ3v) is 10.2. The molecule has 4 rings (SSSR count). The van der Waals surface area contributed by atoms with Crippen molar-refractivity contribution in [1.29, 1.82) is 0 Å². The van der Waals surface area contributed by atoms with Crippen LogP contribution >= 0.6 is 11.8 Å². The van der Waals surface area contributed by atoms with Gasteiger partial charge >= 0.3 is 0 Å². The highest BCUT2D eigenvalue weighted by atomic mass is 32.2. The molecule has 0 heterocycles. The van der Waals surface area contributed by atoms with Crippen molar-refractivity contribution in [2.45, 2.75) is 56.0 Å². The first-order valence-electron chi connectivity index (χ1n) is 15.7. The number of carbonyl (C=O) groups excluding carboxylic acids is 2. The van der Waals surface area contributed by atoms with E-state index in [1.807, 2.05) is 81.6 Å². The van der Waals surface area contributed by atoms with Crippen LogP contribution in [0, 0.1) is 6.92 Å². The maximum atomic E-state index is 14.7. The lowest BCUT2D eigenvalue weighted by Gasteiger charge is -2.34. The molecule has 1 N–H and O–H groups in total. The van der Waals surface area contributed by atoms with Gasteiger partial charge in [-0.05, 0) is 74.0 Å². The SMILES string of the molecule is CCCNC(=O)C(Cc1ccccc1)N(Cc1ccc(C)cc1)C(=O)CN(c1ccccc1OCC)S(=O)(=O)c1ccc(SC)cc1. The average molecular weight is 674 g/mol. The Balaban J connectivity index is 1.83. The number of nitrogens with zero attached hydrogens (tertiary/aromatic N) is 2. The van der Waals surface area contributed by atoms with Gasteiger partial charge in [-0.15, -0.1) is 11.8 Å². The zero-order chi connectivity index (χ0) is 33.8. The Kier molecular flexibility index (Phi) is 12.9. The van der Waals surface area contributed by atoms with Gasteiger partial charge in [-0.25, -0.2) is 8.42 Å². The summed E-state index contributed by atoms with van der Waals surface area (Å²) in [6.07, 6.45) is 2.90. The summed E-state index contributed by atoms with van der Waals surface area (Å²) in [6, 6.07) is 29.7. The van der Waals surface area contributed by atoms with Crippen molar-refractivity contribution in [3.05, 3.63) is 120 Å². The predicted octanol–water partition coefficient (Wildman–Crippen LogP) is 6.48. The van der Waals surface area contributed by atoms with E-state index in [4.69, 9.17) is 4.74 Å². The summed E-state index contributed by atoms with van der Waals surface area (Å²) >= 11 is 1.50. The minimum atomic E-state index is -4.25. The summed E-state index contributed by atoms with van der Waals surface area (Å²) < 4.78 is 35.7. The number of hydrogen-bond acceptors (Lipinski definition) is 6. The molecule has 4 aromatic rings. The number of aryl methyl sites for hydroxylation is 1. The summed E-state index contributed by atoms with van der Waals surface area (Å²) in [6.45, 7) is 6.07. The van der Waals surface area contributed by atoms with E-state index in [9.17, 15) is 18.0 Å². The van der Waals surface area contributed by atoms with E-state index in [2.05, 4.69) is 5.32 Å². The van der Waals surface area contributed by atoms with E-state index in [0.29, 0.717) is 18.9 Å². The van der Waals surface area contributed by atoms with Gasteiger partial charge in [-0.2, -0.15) is 0 Å². The number of ether oxygens (including phenoxy) is 1. The Labute approximate surface area is 283 Å². The number of anilines is 1. The van der Waals surface area contributed by atoms with E-state index in [1.165, 1.54) is 16.7 Å². The van der Waals surface area contributed by atoms with Gasteiger partial charge in [-0.1, -0.05) is 79.2 Å². The second-order valence-corrected chi connectivity index (χ2v) is 13.8. The quantitative estimate of drug-likeness (QED) is 0.137. The van der Waals surface area contributed by atoms with Gasteiger partial charge in [0.05, 0.1) is 17.2 Å². The monoisotopic (exact) mass is 673 g/mol. The van der Waals surface area contributed by atoms with Gasteiger partial charge in [0.1, 0.15) is 18.3 Å². The standard InChI is InChI=1S/C37H43N3O5S2/c1-5-24-38-37(42)34(25-29-12-8-7-9-13-29)39(26-30-18-16-28(3)17-19-30)36(41)27-40(33-14-10-11-15-35(33)45-6-2)47(43,44)32-22-20-31(46-4)21-23-32/h7-23,34H,5-6,24-27H2,1-4H3,(H,38,42). The van der Waals surface area contributed by atoms with Crippen LogP contribution in [0.15, 0.2) is 113 Å². The van der Waals surface area contributed by atoms with Crippen LogP contribution in [-0.4, -0.2) is 57.1 Å². The van der Waals surface area contributed by atoms with E-state index >= 15 is 0 Å². The molecule has 0 bridgehead atoms. The zero-order valence-electron chi connectivity index (χ0n) is 27.4. The van der Waals surface area contributed by atoms with Gasteiger partial charge in [-0.3, -0.25) is 13.9 Å². The lowest BCUT2D eigenvalue weighted by Crippen LogP contribution is -2.53. The molecule has 0 fully saturated rings. The average Bonchev–Trinajstić information content (AvgIpc) is 3.09. The van der Waals surface area contributed by atoms with E-state index < -0.39 is 28.5 Å². The molecule has 1 unspecified atom stereocenters. The van der Waals surface area contributed by atoms with Gasteiger partial charge < -0.3 is 15.0 Å². The Morgan fingerprint density at radius 3 is 2.15 bits per heavy atom. The van der Waals surface area contributed by atoms with Crippen LogP contribution in [0.3, 0.4) is 0 Å². The van der Waals surface area contributed by atoms with Crippen molar-refractivity contribution in [2.75, 3.05) is 30.3 Å². The van der Waals surface area contributed by atoms with Gasteiger partial charge in [0.2, 0.25) is 11.8 Å². The van der Waals surface area contributed by atoms with E-state index in [0.717, 1.165) is 32.3 Å². The van der Waals surface area contributed by atoms with Crippen LogP contribution in [0.2, 0.25) is 0 Å². The molecule has 10 heteroatoms. The molecule has 0 spiro atoms. The van der Waals surface area contributed by atoms with Crippen LogP contribution < -0.4 is 14.4 Å². The van der Waals surface area contributed by atoms with Crippen LogP contribution in [0.1, 0.15) is 37.0 Å². The number of amides is 2. The smallest absolute Gasteiger partial charge is 0.264 e. The second-order valence-electron chi connectivity index (χ2n) is 11.1. The Hall–Kier alpha value is -4.28. The highest BCUT2D eigenvalue weighted by molar-refractivity contribution is 7.98. The molecule has 0 aromatic heterocycles. The number of nitrogens with one attached hydrogen (secondary N) is 1. The first kappa shape index (κ1) is 35.6. The van der Waals surface area contributed by atoms with Crippen LogP contribution in [0.5, 0.6) is 5.75 Å². The molecular formula is C37H43N3O5S2. The molecular weight excluding hydrogens is 631 g/mol. The fraction of sp³-hybridized carbons (Fsp3) is 0.297. The first-order chi connectivity index (χ1) is 22.7. The topological polar surface area (TPSA) is 96.0 Å². The van der Waals surface area contributed by atoms with Gasteiger partial charge in [0.25, 0.3) is 10.0 Å². The van der Waals surface area contributed by atoms with E-state index in [1.54, 1.807) is 48.5 Å². The summed E-state index contributed by atoms with van der Waals surface area (Å²) in [5, 5.41) is 2.97. The van der Waals surface area contributed by atoms with Crippen molar-refractivity contribution >= 4 is 39.3 Å². The van der Waals surface area contributed by atoms with Crippen molar-refractivity contribution in [3.8, 4) is 5.75 Å². The van der Waals surface area contributed by atoms with E-state index in [-0.39, 0.29) is 29.5 Å². The molecule has 2 amide bonds. The summed E-state index contributed by atoms with van der Waals surface area (Å²) in [4.78, 5) is 30.9. The maximum absolute atomic E-state index is 14.7. The van der Waals surface area contributed by atoms with Crippen molar-refractivity contribution in [1.82, 2.24) is 10.2 Å². The lowest BCUT2D eigenvalue weighted by molar-refractivity contribution is -0.140. The minimum Gasteiger partial charge on any atom is -0.492 e. The number of carbonyl (C=O) groups is 2. The predicted molar refractivity (Wildman–Crippen MR) is 189 cm³/mol. The third kappa shape index (κ3) is 9.39. The Morgan fingerprint density at radius 2 is 1.51 bits per heavy atom. The summed E-state index contributed by atoms with van der Waals surface area (Å²) in [5.41, 5.74) is 3.00. The van der Waals surface area contributed by atoms with Gasteiger partial charge in [0.15, 0.2) is 0 Å². The van der Waals surface area contributed by atoms with Gasteiger partial charge in [0, 0.05) is 24.4 Å². The highest BCUT2D eigenvalue weighted by Crippen LogP contribution is 2.33. The third-order valence-electron chi connectivity index (χ3n) is 7.65. The Morgan fingerprint density at radius 1 is 0.851 bits per heavy atom. The number of benzene rings is 4. The zero-order valence-corrected chi connectivity index (χ0v) is 29.0. The second kappa shape index (κ2) is 17.0.